The van der Waals surface area contributed by atoms with Crippen molar-refractivity contribution in [1.29, 1.82) is 5.26 Å². The Kier molecular flexibility index (Phi) is 4.64. The molecule has 0 spiro atoms. The normalized spacial score (nSPS) is 10.3. The second-order valence-corrected chi connectivity index (χ2v) is 5.43. The molecule has 0 unspecified atom stereocenters. The van der Waals surface area contributed by atoms with Crippen molar-refractivity contribution in [2.45, 2.75) is 0 Å². The van der Waals surface area contributed by atoms with Gasteiger partial charge in [-0.05, 0) is 30.3 Å². The van der Waals surface area contributed by atoms with Crippen LogP contribution in [0.4, 0.5) is 5.69 Å². The van der Waals surface area contributed by atoms with Gasteiger partial charge >= 0.3 is 11.9 Å². The van der Waals surface area contributed by atoms with Crippen LogP contribution < -0.4 is 5.73 Å². The van der Waals surface area contributed by atoms with Crippen molar-refractivity contribution in [2.75, 3.05) is 20.0 Å². The van der Waals surface area contributed by atoms with Crippen LogP contribution >= 0.6 is 0 Å². The number of nitriles is 1. The fourth-order valence-electron chi connectivity index (χ4n) is 2.57. The molecule has 0 aliphatic rings. The van der Waals surface area contributed by atoms with E-state index < -0.39 is 11.9 Å². The van der Waals surface area contributed by atoms with Gasteiger partial charge in [-0.25, -0.2) is 14.3 Å². The topological polar surface area (TPSA) is 125 Å². The van der Waals surface area contributed by atoms with Gasteiger partial charge in [0.2, 0.25) is 0 Å². The number of methoxy groups -OCH3 is 2. The van der Waals surface area contributed by atoms with Crippen molar-refractivity contribution in [2.24, 2.45) is 0 Å². The molecule has 0 aliphatic heterocycles. The second-order valence-electron chi connectivity index (χ2n) is 5.43. The summed E-state index contributed by atoms with van der Waals surface area (Å²) in [5, 5.41) is 13.3. The molecule has 3 aromatic rings. The van der Waals surface area contributed by atoms with Crippen LogP contribution in [-0.4, -0.2) is 40.5 Å². The van der Waals surface area contributed by atoms with Crippen LogP contribution in [0.5, 0.6) is 0 Å². The van der Waals surface area contributed by atoms with Crippen LogP contribution in [0.25, 0.3) is 11.4 Å². The minimum atomic E-state index is -0.645. The summed E-state index contributed by atoms with van der Waals surface area (Å²) in [5.41, 5.74) is 7.68. The summed E-state index contributed by atoms with van der Waals surface area (Å²) >= 11 is 0. The molecule has 2 aromatic heterocycles. The van der Waals surface area contributed by atoms with Crippen LogP contribution in [0.2, 0.25) is 0 Å². The molecule has 0 atom stereocenters. The maximum absolute atomic E-state index is 12.1. The number of hydrogen-bond donors (Lipinski definition) is 1. The quantitative estimate of drug-likeness (QED) is 0.697. The number of esters is 2. The fraction of sp³-hybridized carbons (Fsp3) is 0.111. The number of ether oxygens (including phenoxy) is 2. The number of hydrogen-bond acceptors (Lipinski definition) is 7. The van der Waals surface area contributed by atoms with Gasteiger partial charge in [-0.1, -0.05) is 0 Å². The Labute approximate surface area is 154 Å². The van der Waals surface area contributed by atoms with E-state index in [2.05, 4.69) is 9.84 Å². The van der Waals surface area contributed by atoms with Crippen molar-refractivity contribution < 1.29 is 19.1 Å². The maximum Gasteiger partial charge on any atom is 0.358 e. The molecular formula is C18H15N5O4. The summed E-state index contributed by atoms with van der Waals surface area (Å²) in [7, 11) is 2.53. The Hall–Kier alpha value is -4.06. The van der Waals surface area contributed by atoms with E-state index >= 15 is 0 Å². The third kappa shape index (κ3) is 3.11. The van der Waals surface area contributed by atoms with Crippen LogP contribution in [0, 0.1) is 11.3 Å². The summed E-state index contributed by atoms with van der Waals surface area (Å²) < 4.78 is 12.4. The minimum Gasteiger partial charge on any atom is -0.464 e. The average molecular weight is 365 g/mol. The molecule has 27 heavy (non-hydrogen) atoms. The van der Waals surface area contributed by atoms with Crippen molar-refractivity contribution in [1.82, 2.24) is 14.3 Å². The monoisotopic (exact) mass is 365 g/mol. The minimum absolute atomic E-state index is 0.0585. The first-order valence-electron chi connectivity index (χ1n) is 7.74. The van der Waals surface area contributed by atoms with E-state index in [-0.39, 0.29) is 22.6 Å². The molecule has 1 aromatic carbocycles. The average Bonchev–Trinajstić information content (AvgIpc) is 3.32. The molecule has 0 saturated heterocycles. The van der Waals surface area contributed by atoms with Gasteiger partial charge in [0.05, 0.1) is 31.2 Å². The van der Waals surface area contributed by atoms with E-state index in [0.29, 0.717) is 11.4 Å². The summed E-state index contributed by atoms with van der Waals surface area (Å²) in [6.07, 6.45) is 3.10. The Balaban J connectivity index is 1.99. The Morgan fingerprint density at radius 1 is 1.07 bits per heavy atom. The number of nitrogen functional groups attached to an aromatic ring is 1. The van der Waals surface area contributed by atoms with Crippen LogP contribution in [-0.2, 0) is 9.47 Å². The summed E-state index contributed by atoms with van der Waals surface area (Å²) in [4.78, 5) is 23.6. The molecular weight excluding hydrogens is 350 g/mol. The zero-order valence-corrected chi connectivity index (χ0v) is 14.5. The number of benzene rings is 1. The number of rotatable bonds is 4. The zero-order chi connectivity index (χ0) is 19.6. The molecule has 0 saturated carbocycles. The van der Waals surface area contributed by atoms with E-state index in [9.17, 15) is 14.9 Å². The Morgan fingerprint density at radius 2 is 1.70 bits per heavy atom. The molecule has 0 radical (unpaired) electrons. The lowest BCUT2D eigenvalue weighted by Gasteiger charge is -2.09. The number of anilines is 1. The molecule has 136 valence electrons. The molecule has 2 heterocycles. The van der Waals surface area contributed by atoms with Crippen LogP contribution in [0.15, 0.2) is 42.7 Å². The fourth-order valence-corrected chi connectivity index (χ4v) is 2.57. The van der Waals surface area contributed by atoms with Gasteiger partial charge in [0.25, 0.3) is 0 Å². The smallest absolute Gasteiger partial charge is 0.358 e. The SMILES string of the molecule is COC(=O)c1ccn(-c2ccc(-n3cc(C#N)c(N)c3C(=O)OC)cc2)n1. The lowest BCUT2D eigenvalue weighted by atomic mass is 10.2. The third-order valence-electron chi connectivity index (χ3n) is 3.92. The number of nitrogens with two attached hydrogens (primary N) is 1. The van der Waals surface area contributed by atoms with Gasteiger partial charge < -0.3 is 19.8 Å². The number of nitrogens with zero attached hydrogens (tertiary/aromatic N) is 4. The molecule has 0 aliphatic carbocycles. The molecule has 3 rings (SSSR count). The van der Waals surface area contributed by atoms with E-state index in [1.54, 1.807) is 36.5 Å². The van der Waals surface area contributed by atoms with Crippen molar-refractivity contribution >= 4 is 17.6 Å². The maximum atomic E-state index is 12.1. The van der Waals surface area contributed by atoms with Gasteiger partial charge in [0.1, 0.15) is 6.07 Å². The Bertz CT molecular complexity index is 1060. The summed E-state index contributed by atoms with van der Waals surface area (Å²) in [6.45, 7) is 0. The van der Waals surface area contributed by atoms with E-state index in [0.717, 1.165) is 0 Å². The first-order chi connectivity index (χ1) is 13.0. The Morgan fingerprint density at radius 3 is 2.30 bits per heavy atom. The molecule has 0 bridgehead atoms. The van der Waals surface area contributed by atoms with Gasteiger partial charge in [0, 0.05) is 18.1 Å². The van der Waals surface area contributed by atoms with Gasteiger partial charge in [-0.3, -0.25) is 0 Å². The van der Waals surface area contributed by atoms with Gasteiger partial charge in [0.15, 0.2) is 11.4 Å². The highest BCUT2D eigenvalue weighted by atomic mass is 16.5. The zero-order valence-electron chi connectivity index (χ0n) is 14.5. The van der Waals surface area contributed by atoms with Gasteiger partial charge in [-0.15, -0.1) is 0 Å². The lowest BCUT2D eigenvalue weighted by Crippen LogP contribution is -2.11. The third-order valence-corrected chi connectivity index (χ3v) is 3.92. The standard InChI is InChI=1S/C18H15N5O4/c1-26-17(24)14-7-8-23(21-14)13-5-3-12(4-6-13)22-10-11(9-19)15(20)16(22)18(25)27-2/h3-8,10H,20H2,1-2H3. The largest absolute Gasteiger partial charge is 0.464 e. The second kappa shape index (κ2) is 7.05. The van der Waals surface area contributed by atoms with E-state index in [4.69, 9.17) is 10.5 Å². The highest BCUT2D eigenvalue weighted by molar-refractivity contribution is 5.96. The molecule has 9 heteroatoms. The predicted octanol–water partition coefficient (Wildman–Crippen LogP) is 1.69. The first-order valence-corrected chi connectivity index (χ1v) is 7.74. The molecule has 2 N–H and O–H groups in total. The van der Waals surface area contributed by atoms with Crippen LogP contribution in [0.3, 0.4) is 0 Å². The molecule has 0 fully saturated rings. The number of aromatic nitrogens is 3. The lowest BCUT2D eigenvalue weighted by molar-refractivity contribution is 0.0584. The highest BCUT2D eigenvalue weighted by Gasteiger charge is 2.21. The van der Waals surface area contributed by atoms with Crippen LogP contribution in [0.1, 0.15) is 26.5 Å². The predicted molar refractivity (Wildman–Crippen MR) is 94.7 cm³/mol. The highest BCUT2D eigenvalue weighted by Crippen LogP contribution is 2.25. The van der Waals surface area contributed by atoms with Crippen molar-refractivity contribution in [3.8, 4) is 17.4 Å². The van der Waals surface area contributed by atoms with Crippen molar-refractivity contribution in [3.63, 3.8) is 0 Å². The molecule has 9 nitrogen and oxygen atoms in total. The molecule has 0 amide bonds. The number of carbonyl (C=O) groups excluding carboxylic acids is 2. The van der Waals surface area contributed by atoms with Crippen molar-refractivity contribution in [3.05, 3.63) is 59.7 Å². The van der Waals surface area contributed by atoms with E-state index in [1.165, 1.54) is 29.7 Å². The summed E-state index contributed by atoms with van der Waals surface area (Å²) in [5.74, 6) is -1.17. The van der Waals surface area contributed by atoms with E-state index in [1.807, 2.05) is 6.07 Å². The number of carbonyl (C=O) groups is 2. The first kappa shape index (κ1) is 17.8. The van der Waals surface area contributed by atoms with Gasteiger partial charge in [-0.2, -0.15) is 10.4 Å². The summed E-state index contributed by atoms with van der Waals surface area (Å²) in [6, 6.07) is 10.4.